The number of carbonyl (C=O) groups is 2. The average molecular weight is 462 g/mol. The van der Waals surface area contributed by atoms with Crippen molar-refractivity contribution in [1.29, 1.82) is 0 Å². The molecule has 0 aliphatic heterocycles. The Labute approximate surface area is 185 Å². The van der Waals surface area contributed by atoms with Crippen molar-refractivity contribution in [1.82, 2.24) is 9.97 Å². The van der Waals surface area contributed by atoms with E-state index in [4.69, 9.17) is 5.11 Å². The summed E-state index contributed by atoms with van der Waals surface area (Å²) in [6, 6.07) is 10.7. The number of nitrogens with zero attached hydrogens (tertiary/aromatic N) is 2. The van der Waals surface area contributed by atoms with Gasteiger partial charge in [-0.25, -0.2) is 9.97 Å². The summed E-state index contributed by atoms with van der Waals surface area (Å²) >= 11 is 1.27. The summed E-state index contributed by atoms with van der Waals surface area (Å²) in [7, 11) is 0. The summed E-state index contributed by atoms with van der Waals surface area (Å²) in [5, 5.41) is 14.3. The molecule has 0 bridgehead atoms. The van der Waals surface area contributed by atoms with Gasteiger partial charge in [0, 0.05) is 23.8 Å². The minimum Gasteiger partial charge on any atom is -0.387 e. The van der Waals surface area contributed by atoms with Gasteiger partial charge in [-0.1, -0.05) is 0 Å². The molecule has 0 atom stereocenters. The number of rotatable bonds is 7. The maximum Gasteiger partial charge on any atom is 0.416 e. The van der Waals surface area contributed by atoms with Gasteiger partial charge in [-0.3, -0.25) is 9.59 Å². The van der Waals surface area contributed by atoms with Gasteiger partial charge >= 0.3 is 6.18 Å². The lowest BCUT2D eigenvalue weighted by Crippen LogP contribution is -2.16. The van der Waals surface area contributed by atoms with Crippen LogP contribution in [0.5, 0.6) is 0 Å². The van der Waals surface area contributed by atoms with Crippen LogP contribution in [0.1, 0.15) is 21.5 Å². The SMILES string of the molecule is O=C(CO)Nc1cc(CSc2ncccc2C(=O)Nc2ccc(C(F)(F)F)cc2)ccn1. The van der Waals surface area contributed by atoms with Crippen LogP contribution in [0.3, 0.4) is 0 Å². The quantitative estimate of drug-likeness (QED) is 0.459. The van der Waals surface area contributed by atoms with Gasteiger partial charge in [0.15, 0.2) is 0 Å². The first-order valence-electron chi connectivity index (χ1n) is 9.18. The molecule has 2 heterocycles. The van der Waals surface area contributed by atoms with Gasteiger partial charge in [-0.05, 0) is 54.1 Å². The second-order valence-electron chi connectivity index (χ2n) is 6.43. The molecule has 0 fully saturated rings. The van der Waals surface area contributed by atoms with E-state index in [1.54, 1.807) is 24.3 Å². The lowest BCUT2D eigenvalue weighted by atomic mass is 10.2. The van der Waals surface area contributed by atoms with Gasteiger partial charge in [-0.2, -0.15) is 13.2 Å². The Morgan fingerprint density at radius 1 is 1.00 bits per heavy atom. The average Bonchev–Trinajstić information content (AvgIpc) is 2.78. The molecule has 0 unspecified atom stereocenters. The fraction of sp³-hybridized carbons (Fsp3) is 0.143. The number of aliphatic hydroxyl groups is 1. The van der Waals surface area contributed by atoms with E-state index in [1.807, 2.05) is 0 Å². The number of halogens is 3. The van der Waals surface area contributed by atoms with E-state index >= 15 is 0 Å². The standard InChI is InChI=1S/C21H17F3N4O3S/c22-21(23,24)14-3-5-15(6-4-14)27-19(31)16-2-1-8-26-20(16)32-12-13-7-9-25-17(10-13)28-18(30)11-29/h1-10,29H,11-12H2,(H,27,31)(H,25,28,30). The predicted molar refractivity (Wildman–Crippen MR) is 113 cm³/mol. The highest BCUT2D eigenvalue weighted by Crippen LogP contribution is 2.30. The van der Waals surface area contributed by atoms with Crippen molar-refractivity contribution in [3.8, 4) is 0 Å². The molecule has 3 rings (SSSR count). The highest BCUT2D eigenvalue weighted by Gasteiger charge is 2.30. The molecule has 1 aromatic carbocycles. The number of thioether (sulfide) groups is 1. The minimum absolute atomic E-state index is 0.223. The van der Waals surface area contributed by atoms with Crippen LogP contribution < -0.4 is 10.6 Å². The topological polar surface area (TPSA) is 104 Å². The molecule has 2 aromatic heterocycles. The first-order chi connectivity index (χ1) is 15.3. The number of aliphatic hydroxyl groups excluding tert-OH is 1. The third-order valence-corrected chi connectivity index (χ3v) is 5.17. The van der Waals surface area contributed by atoms with Gasteiger partial charge < -0.3 is 15.7 Å². The molecule has 3 N–H and O–H groups in total. The van der Waals surface area contributed by atoms with E-state index in [9.17, 15) is 22.8 Å². The first kappa shape index (κ1) is 23.2. The third kappa shape index (κ3) is 6.28. The monoisotopic (exact) mass is 462 g/mol. The Balaban J connectivity index is 1.69. The summed E-state index contributed by atoms with van der Waals surface area (Å²) in [6.45, 7) is -0.661. The maximum absolute atomic E-state index is 12.7. The molecule has 32 heavy (non-hydrogen) atoms. The zero-order valence-electron chi connectivity index (χ0n) is 16.4. The number of aromatic nitrogens is 2. The van der Waals surface area contributed by atoms with Crippen molar-refractivity contribution in [2.24, 2.45) is 0 Å². The van der Waals surface area contributed by atoms with E-state index < -0.39 is 30.2 Å². The molecule has 3 aromatic rings. The molecule has 0 aliphatic carbocycles. The highest BCUT2D eigenvalue weighted by atomic mass is 32.2. The molecule has 2 amide bonds. The zero-order chi connectivity index (χ0) is 23.1. The van der Waals surface area contributed by atoms with Crippen LogP contribution in [-0.2, 0) is 16.7 Å². The van der Waals surface area contributed by atoms with E-state index in [0.29, 0.717) is 10.8 Å². The smallest absolute Gasteiger partial charge is 0.387 e. The molecule has 166 valence electrons. The lowest BCUT2D eigenvalue weighted by Gasteiger charge is -2.11. The molecular weight excluding hydrogens is 445 g/mol. The Morgan fingerprint density at radius 3 is 2.44 bits per heavy atom. The largest absolute Gasteiger partial charge is 0.416 e. The number of pyridine rings is 2. The summed E-state index contributed by atoms with van der Waals surface area (Å²) in [5.41, 5.74) is 0.472. The molecule has 0 saturated carbocycles. The third-order valence-electron chi connectivity index (χ3n) is 4.10. The van der Waals surface area contributed by atoms with Gasteiger partial charge in [-0.15, -0.1) is 11.8 Å². The number of nitrogens with one attached hydrogen (secondary N) is 2. The van der Waals surface area contributed by atoms with Gasteiger partial charge in [0.25, 0.3) is 11.8 Å². The van der Waals surface area contributed by atoms with Crippen molar-refractivity contribution in [2.75, 3.05) is 17.2 Å². The fourth-order valence-electron chi connectivity index (χ4n) is 2.59. The van der Waals surface area contributed by atoms with Gasteiger partial charge in [0.2, 0.25) is 0 Å². The van der Waals surface area contributed by atoms with Crippen molar-refractivity contribution in [2.45, 2.75) is 17.0 Å². The fourth-order valence-corrected chi connectivity index (χ4v) is 3.52. The van der Waals surface area contributed by atoms with Crippen LogP contribution in [-0.4, -0.2) is 33.5 Å². The van der Waals surface area contributed by atoms with Crippen molar-refractivity contribution in [3.05, 3.63) is 77.6 Å². The molecule has 7 nitrogen and oxygen atoms in total. The molecule has 0 saturated heterocycles. The normalized spacial score (nSPS) is 11.1. The molecule has 11 heteroatoms. The van der Waals surface area contributed by atoms with E-state index in [2.05, 4.69) is 20.6 Å². The highest BCUT2D eigenvalue weighted by molar-refractivity contribution is 7.98. The second-order valence-corrected chi connectivity index (χ2v) is 7.39. The van der Waals surface area contributed by atoms with E-state index in [-0.39, 0.29) is 17.1 Å². The van der Waals surface area contributed by atoms with E-state index in [1.165, 1.54) is 36.3 Å². The summed E-state index contributed by atoms with van der Waals surface area (Å²) in [5.74, 6) is -0.411. The predicted octanol–water partition coefficient (Wildman–Crippen LogP) is 3.97. The summed E-state index contributed by atoms with van der Waals surface area (Å²) in [6.07, 6.45) is -1.43. The number of alkyl halides is 3. The first-order valence-corrected chi connectivity index (χ1v) is 10.2. The van der Waals surface area contributed by atoms with Crippen LogP contribution >= 0.6 is 11.8 Å². The number of benzene rings is 1. The summed E-state index contributed by atoms with van der Waals surface area (Å²) < 4.78 is 38.1. The maximum atomic E-state index is 12.7. The Hall–Kier alpha value is -3.44. The molecule has 0 spiro atoms. The lowest BCUT2D eigenvalue weighted by molar-refractivity contribution is -0.137. The van der Waals surface area contributed by atoms with E-state index in [0.717, 1.165) is 17.7 Å². The number of hydrogen-bond acceptors (Lipinski definition) is 6. The van der Waals surface area contributed by atoms with Crippen molar-refractivity contribution >= 4 is 35.1 Å². The minimum atomic E-state index is -4.45. The van der Waals surface area contributed by atoms with Gasteiger partial charge in [0.05, 0.1) is 11.1 Å². The van der Waals surface area contributed by atoms with Crippen LogP contribution in [0.25, 0.3) is 0 Å². The molecule has 0 aliphatic rings. The van der Waals surface area contributed by atoms with Crippen LogP contribution in [0.15, 0.2) is 66.0 Å². The number of anilines is 2. The Morgan fingerprint density at radius 2 is 1.75 bits per heavy atom. The number of hydrogen-bond donors (Lipinski definition) is 3. The van der Waals surface area contributed by atoms with Crippen molar-refractivity contribution in [3.63, 3.8) is 0 Å². The number of amides is 2. The molecule has 0 radical (unpaired) electrons. The molecular formula is C21H17F3N4O3S. The number of carbonyl (C=O) groups excluding carboxylic acids is 2. The summed E-state index contributed by atoms with van der Waals surface area (Å²) in [4.78, 5) is 32.2. The van der Waals surface area contributed by atoms with Crippen molar-refractivity contribution < 1.29 is 27.9 Å². The van der Waals surface area contributed by atoms with Crippen LogP contribution in [0.4, 0.5) is 24.7 Å². The Kier molecular flexibility index (Phi) is 7.44. The van der Waals surface area contributed by atoms with Crippen LogP contribution in [0.2, 0.25) is 0 Å². The zero-order valence-corrected chi connectivity index (χ0v) is 17.2. The van der Waals surface area contributed by atoms with Gasteiger partial charge in [0.1, 0.15) is 17.5 Å². The second kappa shape index (κ2) is 10.2. The van der Waals surface area contributed by atoms with Crippen LogP contribution in [0, 0.1) is 0 Å². The Bertz CT molecular complexity index is 1110.